The summed E-state index contributed by atoms with van der Waals surface area (Å²) in [6, 6.07) is -0.288. The van der Waals surface area contributed by atoms with Gasteiger partial charge in [-0.15, -0.1) is 0 Å². The Labute approximate surface area is 52.9 Å². The molecule has 1 fully saturated rings. The summed E-state index contributed by atoms with van der Waals surface area (Å²) >= 11 is 0. The van der Waals surface area contributed by atoms with E-state index in [1.807, 2.05) is 0 Å². The fourth-order valence-electron chi connectivity index (χ4n) is 0.687. The predicted molar refractivity (Wildman–Crippen MR) is 31.3 cm³/mol. The van der Waals surface area contributed by atoms with Gasteiger partial charge in [0.1, 0.15) is 0 Å². The number of nitrogens with one attached hydrogen (secondary N) is 2. The Bertz CT molecular complexity index is 115. The second-order valence-corrected chi connectivity index (χ2v) is 1.84. The van der Waals surface area contributed by atoms with Gasteiger partial charge in [0, 0.05) is 13.0 Å². The molecule has 5 heteroatoms. The molecule has 1 heterocycles. The highest BCUT2D eigenvalue weighted by atomic mass is 16.2. The molecule has 5 nitrogen and oxygen atoms in total. The molecule has 1 unspecified atom stereocenters. The summed E-state index contributed by atoms with van der Waals surface area (Å²) in [5.74, 6) is 5.06. The first kappa shape index (κ1) is 6.31. The SMILES string of the molecule is NNC1CC[N]C(=O)N1. The van der Waals surface area contributed by atoms with Crippen LogP contribution in [-0.4, -0.2) is 18.7 Å². The minimum atomic E-state index is -0.288. The number of carbonyl (C=O) groups excluding carboxylic acids is 1. The maximum absolute atomic E-state index is 10.5. The van der Waals surface area contributed by atoms with Crippen molar-refractivity contribution < 1.29 is 4.79 Å². The number of hydrogen-bond donors (Lipinski definition) is 3. The third-order valence-electron chi connectivity index (χ3n) is 1.17. The summed E-state index contributed by atoms with van der Waals surface area (Å²) in [6.07, 6.45) is 0.664. The molecule has 1 radical (unpaired) electrons. The van der Waals surface area contributed by atoms with Crippen LogP contribution in [-0.2, 0) is 0 Å². The van der Waals surface area contributed by atoms with Crippen LogP contribution in [0.25, 0.3) is 0 Å². The van der Waals surface area contributed by atoms with Gasteiger partial charge in [0.05, 0.1) is 6.17 Å². The summed E-state index contributed by atoms with van der Waals surface area (Å²) < 4.78 is 0. The molecule has 1 aliphatic rings. The lowest BCUT2D eigenvalue weighted by Crippen LogP contribution is -2.54. The molecule has 0 aromatic rings. The Kier molecular flexibility index (Phi) is 1.86. The van der Waals surface area contributed by atoms with E-state index in [4.69, 9.17) is 5.84 Å². The van der Waals surface area contributed by atoms with Gasteiger partial charge in [0.2, 0.25) is 0 Å². The molecule has 0 aliphatic carbocycles. The smallest absolute Gasteiger partial charge is 0.320 e. The van der Waals surface area contributed by atoms with Crippen molar-refractivity contribution in [3.63, 3.8) is 0 Å². The number of nitrogens with zero attached hydrogens (tertiary/aromatic N) is 1. The molecule has 1 saturated heterocycles. The molecule has 0 aromatic carbocycles. The Balaban J connectivity index is 2.32. The first-order valence-corrected chi connectivity index (χ1v) is 2.77. The van der Waals surface area contributed by atoms with Crippen LogP contribution in [0.5, 0.6) is 0 Å². The van der Waals surface area contributed by atoms with E-state index in [2.05, 4.69) is 16.1 Å². The van der Waals surface area contributed by atoms with Crippen LogP contribution in [0, 0.1) is 0 Å². The van der Waals surface area contributed by atoms with Crippen LogP contribution >= 0.6 is 0 Å². The summed E-state index contributed by atoms with van der Waals surface area (Å²) in [4.78, 5) is 10.5. The molecule has 2 amide bonds. The molecule has 0 saturated carbocycles. The summed E-state index contributed by atoms with van der Waals surface area (Å²) in [6.45, 7) is 0.556. The number of amides is 2. The van der Waals surface area contributed by atoms with Gasteiger partial charge < -0.3 is 5.32 Å². The number of rotatable bonds is 1. The van der Waals surface area contributed by atoms with Crippen molar-refractivity contribution in [3.8, 4) is 0 Å². The highest BCUT2D eigenvalue weighted by molar-refractivity contribution is 5.74. The summed E-state index contributed by atoms with van der Waals surface area (Å²) in [5.41, 5.74) is 2.44. The van der Waals surface area contributed by atoms with Gasteiger partial charge in [-0.2, -0.15) is 0 Å². The molecule has 0 aromatic heterocycles. The van der Waals surface area contributed by atoms with Crippen molar-refractivity contribution in [2.24, 2.45) is 5.84 Å². The Hall–Kier alpha value is -0.810. The van der Waals surface area contributed by atoms with Crippen molar-refractivity contribution in [2.75, 3.05) is 6.54 Å². The first-order chi connectivity index (χ1) is 4.33. The Morgan fingerprint density at radius 3 is 3.11 bits per heavy atom. The van der Waals surface area contributed by atoms with Crippen molar-refractivity contribution >= 4 is 6.03 Å². The minimum Gasteiger partial charge on any atom is -0.320 e. The topological polar surface area (TPSA) is 81.2 Å². The third-order valence-corrected chi connectivity index (χ3v) is 1.17. The van der Waals surface area contributed by atoms with Gasteiger partial charge in [-0.1, -0.05) is 0 Å². The standard InChI is InChI=1S/C4H9N4O/c5-8-3-1-2-6-4(9)7-3/h3,8H,1-2,5H2,(H,7,9). The van der Waals surface area contributed by atoms with E-state index in [0.29, 0.717) is 6.54 Å². The van der Waals surface area contributed by atoms with E-state index < -0.39 is 0 Å². The molecule has 4 N–H and O–H groups in total. The van der Waals surface area contributed by atoms with Gasteiger partial charge in [-0.05, 0) is 0 Å². The maximum Gasteiger partial charge on any atom is 0.337 e. The lowest BCUT2D eigenvalue weighted by Gasteiger charge is -2.21. The second-order valence-electron chi connectivity index (χ2n) is 1.84. The van der Waals surface area contributed by atoms with Gasteiger partial charge in [0.25, 0.3) is 0 Å². The lowest BCUT2D eigenvalue weighted by molar-refractivity contribution is 0.223. The van der Waals surface area contributed by atoms with Crippen LogP contribution in [0.15, 0.2) is 0 Å². The van der Waals surface area contributed by atoms with Crippen molar-refractivity contribution in [2.45, 2.75) is 12.6 Å². The quantitative estimate of drug-likeness (QED) is 0.297. The van der Waals surface area contributed by atoms with Gasteiger partial charge >= 0.3 is 6.03 Å². The van der Waals surface area contributed by atoms with Crippen LogP contribution < -0.4 is 21.9 Å². The zero-order valence-electron chi connectivity index (χ0n) is 4.92. The number of nitrogens with two attached hydrogens (primary N) is 1. The predicted octanol–water partition coefficient (Wildman–Crippen LogP) is -1.51. The summed E-state index contributed by atoms with van der Waals surface area (Å²) in [5, 5.41) is 6.11. The van der Waals surface area contributed by atoms with E-state index in [9.17, 15) is 4.79 Å². The largest absolute Gasteiger partial charge is 0.337 e. The van der Waals surface area contributed by atoms with Crippen molar-refractivity contribution in [1.82, 2.24) is 16.1 Å². The number of urea groups is 1. The Morgan fingerprint density at radius 1 is 1.89 bits per heavy atom. The summed E-state index contributed by atoms with van der Waals surface area (Å²) in [7, 11) is 0. The van der Waals surface area contributed by atoms with Gasteiger partial charge in [-0.25, -0.2) is 15.5 Å². The average Bonchev–Trinajstić information content (AvgIpc) is 1.88. The van der Waals surface area contributed by atoms with E-state index in [1.54, 1.807) is 0 Å². The molecule has 1 atom stereocenters. The fourth-order valence-corrected chi connectivity index (χ4v) is 0.687. The number of carbonyl (C=O) groups is 1. The second kappa shape index (κ2) is 2.65. The molecule has 0 bridgehead atoms. The van der Waals surface area contributed by atoms with E-state index in [0.717, 1.165) is 6.42 Å². The van der Waals surface area contributed by atoms with E-state index in [1.165, 1.54) is 0 Å². The highest BCUT2D eigenvalue weighted by Crippen LogP contribution is 1.90. The molecule has 9 heavy (non-hydrogen) atoms. The molecule has 51 valence electrons. The van der Waals surface area contributed by atoms with Crippen molar-refractivity contribution in [1.29, 1.82) is 0 Å². The van der Waals surface area contributed by atoms with E-state index in [-0.39, 0.29) is 12.2 Å². The number of hydrazine groups is 1. The molecular formula is C4H9N4O. The molecule has 1 rings (SSSR count). The van der Waals surface area contributed by atoms with Crippen LogP contribution in [0.2, 0.25) is 0 Å². The zero-order chi connectivity index (χ0) is 6.69. The van der Waals surface area contributed by atoms with Crippen LogP contribution in [0.4, 0.5) is 4.79 Å². The normalized spacial score (nSPS) is 26.8. The first-order valence-electron chi connectivity index (χ1n) is 2.77. The monoisotopic (exact) mass is 129 g/mol. The third kappa shape index (κ3) is 1.55. The van der Waals surface area contributed by atoms with Crippen molar-refractivity contribution in [3.05, 3.63) is 0 Å². The maximum atomic E-state index is 10.5. The highest BCUT2D eigenvalue weighted by Gasteiger charge is 2.16. The minimum absolute atomic E-state index is 0.102. The average molecular weight is 129 g/mol. The fraction of sp³-hybridized carbons (Fsp3) is 0.750. The zero-order valence-corrected chi connectivity index (χ0v) is 4.92. The lowest BCUT2D eigenvalue weighted by atomic mass is 10.3. The Morgan fingerprint density at radius 2 is 2.67 bits per heavy atom. The molecule has 0 spiro atoms. The van der Waals surface area contributed by atoms with Gasteiger partial charge in [0.15, 0.2) is 0 Å². The molecule has 1 aliphatic heterocycles. The van der Waals surface area contributed by atoms with Gasteiger partial charge in [-0.3, -0.25) is 5.84 Å². The number of hydrogen-bond acceptors (Lipinski definition) is 3. The molecular weight excluding hydrogens is 120 g/mol. The van der Waals surface area contributed by atoms with Crippen LogP contribution in [0.1, 0.15) is 6.42 Å². The van der Waals surface area contributed by atoms with Crippen LogP contribution in [0.3, 0.4) is 0 Å². The van der Waals surface area contributed by atoms with E-state index >= 15 is 0 Å².